The van der Waals surface area contributed by atoms with E-state index < -0.39 is 18.6 Å². The van der Waals surface area contributed by atoms with Crippen molar-refractivity contribution in [3.8, 4) is 0 Å². The molecule has 0 amide bonds. The highest BCUT2D eigenvalue weighted by Gasteiger charge is 2.13. The smallest absolute Gasteiger partial charge is 0.360 e. The third-order valence-corrected chi connectivity index (χ3v) is 2.37. The van der Waals surface area contributed by atoms with E-state index in [1.807, 2.05) is 0 Å². The molecule has 0 saturated heterocycles. The van der Waals surface area contributed by atoms with E-state index in [0.717, 1.165) is 0 Å². The summed E-state index contributed by atoms with van der Waals surface area (Å²) in [6.45, 7) is 2.88. The minimum atomic E-state index is -0.771. The van der Waals surface area contributed by atoms with Gasteiger partial charge in [-0.2, -0.15) is 0 Å². The molecule has 1 N–H and O–H groups in total. The average molecular weight is 344 g/mol. The number of rotatable bonds is 6. The second kappa shape index (κ2) is 10.1. The highest BCUT2D eigenvalue weighted by Crippen LogP contribution is 2.06. The molecule has 0 bridgehead atoms. The van der Waals surface area contributed by atoms with Crippen LogP contribution in [0.4, 0.5) is 4.39 Å². The van der Waals surface area contributed by atoms with Gasteiger partial charge in [-0.3, -0.25) is 0 Å². The van der Waals surface area contributed by atoms with E-state index in [9.17, 15) is 14.0 Å². The van der Waals surface area contributed by atoms with Gasteiger partial charge >= 0.3 is 11.9 Å². The number of esters is 2. The highest BCUT2D eigenvalue weighted by atomic mass is 19.1. The molecule has 132 valence electrons. The molecule has 0 unspecified atom stereocenters. The normalized spacial score (nSPS) is 9.83. The average Bonchev–Trinajstić information content (AvgIpc) is 3.25. The van der Waals surface area contributed by atoms with Crippen LogP contribution in [0.5, 0.6) is 0 Å². The number of aliphatic hydroxyl groups excluding tert-OH is 1. The van der Waals surface area contributed by atoms with Crippen LogP contribution in [0.2, 0.25) is 0 Å². The van der Waals surface area contributed by atoms with Crippen molar-refractivity contribution in [3.05, 3.63) is 35.0 Å². The summed E-state index contributed by atoms with van der Waals surface area (Å²) in [6, 6.07) is 2.57. The Morgan fingerprint density at radius 2 is 1.50 bits per heavy atom. The SMILES string of the molecule is CCOC(=O)c1cc(CF)on1.CCOC(=O)c1cc(CO)on1. The summed E-state index contributed by atoms with van der Waals surface area (Å²) in [5.74, 6) is -0.863. The summed E-state index contributed by atoms with van der Waals surface area (Å²) in [7, 11) is 0. The monoisotopic (exact) mass is 344 g/mol. The molecule has 0 spiro atoms. The van der Waals surface area contributed by atoms with Crippen LogP contribution in [-0.2, 0) is 22.8 Å². The Kier molecular flexibility index (Phi) is 8.13. The molecule has 0 atom stereocenters. The maximum absolute atomic E-state index is 11.9. The predicted octanol–water partition coefficient (Wildman–Crippen LogP) is 1.66. The van der Waals surface area contributed by atoms with Crippen molar-refractivity contribution < 1.29 is 37.6 Å². The van der Waals surface area contributed by atoms with Crippen molar-refractivity contribution in [3.63, 3.8) is 0 Å². The first-order chi connectivity index (χ1) is 11.5. The fourth-order valence-corrected chi connectivity index (χ4v) is 1.37. The predicted molar refractivity (Wildman–Crippen MR) is 75.7 cm³/mol. The van der Waals surface area contributed by atoms with E-state index in [2.05, 4.69) is 28.8 Å². The van der Waals surface area contributed by atoms with Gasteiger partial charge in [0.25, 0.3) is 0 Å². The summed E-state index contributed by atoms with van der Waals surface area (Å²) in [5.41, 5.74) is 0.0883. The van der Waals surface area contributed by atoms with Gasteiger partial charge in [0.15, 0.2) is 22.9 Å². The Bertz CT molecular complexity index is 597. The van der Waals surface area contributed by atoms with Crippen LogP contribution in [-0.4, -0.2) is 40.6 Å². The minimum Gasteiger partial charge on any atom is -0.461 e. The highest BCUT2D eigenvalue weighted by molar-refractivity contribution is 5.87. The van der Waals surface area contributed by atoms with Crippen molar-refractivity contribution in [1.82, 2.24) is 10.3 Å². The molecule has 0 fully saturated rings. The molecule has 10 heteroatoms. The van der Waals surface area contributed by atoms with Gasteiger partial charge in [-0.25, -0.2) is 14.0 Å². The lowest BCUT2D eigenvalue weighted by molar-refractivity contribution is 0.0504. The van der Waals surface area contributed by atoms with Crippen LogP contribution in [0.3, 0.4) is 0 Å². The molecular weight excluding hydrogens is 327 g/mol. The number of hydrogen-bond donors (Lipinski definition) is 1. The van der Waals surface area contributed by atoms with Gasteiger partial charge in [-0.05, 0) is 13.8 Å². The largest absolute Gasteiger partial charge is 0.461 e. The van der Waals surface area contributed by atoms with Crippen LogP contribution in [0.1, 0.15) is 46.3 Å². The first-order valence-corrected chi connectivity index (χ1v) is 6.97. The molecule has 2 heterocycles. The summed E-state index contributed by atoms with van der Waals surface area (Å²) in [4.78, 5) is 21.9. The number of halogens is 1. The molecule has 2 aromatic rings. The number of aromatic nitrogens is 2. The zero-order chi connectivity index (χ0) is 17.9. The summed E-state index contributed by atoms with van der Waals surface area (Å²) >= 11 is 0. The van der Waals surface area contributed by atoms with Crippen molar-refractivity contribution in [2.24, 2.45) is 0 Å². The van der Waals surface area contributed by atoms with Crippen LogP contribution in [0.15, 0.2) is 21.2 Å². The Balaban J connectivity index is 0.000000240. The second-order valence-electron chi connectivity index (χ2n) is 4.09. The zero-order valence-corrected chi connectivity index (χ0v) is 13.2. The van der Waals surface area contributed by atoms with Gasteiger partial charge in [0.05, 0.1) is 13.2 Å². The van der Waals surface area contributed by atoms with Gasteiger partial charge in [-0.1, -0.05) is 10.3 Å². The van der Waals surface area contributed by atoms with Crippen LogP contribution in [0, 0.1) is 0 Å². The topological polar surface area (TPSA) is 125 Å². The summed E-state index contributed by atoms with van der Waals surface area (Å²) in [6.07, 6.45) is 0. The number of carbonyl (C=O) groups is 2. The number of carbonyl (C=O) groups excluding carboxylic acids is 2. The maximum Gasteiger partial charge on any atom is 0.360 e. The van der Waals surface area contributed by atoms with Gasteiger partial charge < -0.3 is 23.6 Å². The Labute approximate surface area is 136 Å². The number of alkyl halides is 1. The number of aliphatic hydroxyl groups is 1. The fourth-order valence-electron chi connectivity index (χ4n) is 1.37. The Hall–Kier alpha value is -2.75. The number of hydrogen-bond acceptors (Lipinski definition) is 9. The third kappa shape index (κ3) is 5.80. The number of ether oxygens (including phenoxy) is 2. The van der Waals surface area contributed by atoms with Crippen molar-refractivity contribution in [1.29, 1.82) is 0 Å². The van der Waals surface area contributed by atoms with E-state index >= 15 is 0 Å². The minimum absolute atomic E-state index is 0.00417. The van der Waals surface area contributed by atoms with Crippen LogP contribution >= 0.6 is 0 Å². The molecule has 2 aromatic heterocycles. The van der Waals surface area contributed by atoms with Crippen molar-refractivity contribution in [2.45, 2.75) is 27.1 Å². The van der Waals surface area contributed by atoms with E-state index in [0.29, 0.717) is 6.61 Å². The third-order valence-electron chi connectivity index (χ3n) is 2.37. The molecule has 0 aliphatic heterocycles. The molecule has 0 aliphatic carbocycles. The lowest BCUT2D eigenvalue weighted by atomic mass is 10.4. The van der Waals surface area contributed by atoms with E-state index in [4.69, 9.17) is 5.11 Å². The number of nitrogens with zero attached hydrogens (tertiary/aromatic N) is 2. The quantitative estimate of drug-likeness (QED) is 0.779. The van der Waals surface area contributed by atoms with E-state index in [1.54, 1.807) is 13.8 Å². The van der Waals surface area contributed by atoms with Gasteiger partial charge in [0.1, 0.15) is 13.3 Å². The molecule has 0 saturated carbocycles. The van der Waals surface area contributed by atoms with Crippen molar-refractivity contribution in [2.75, 3.05) is 13.2 Å². The van der Waals surface area contributed by atoms with Crippen molar-refractivity contribution >= 4 is 11.9 Å². The fraction of sp³-hybridized carbons (Fsp3) is 0.429. The van der Waals surface area contributed by atoms with E-state index in [1.165, 1.54) is 12.1 Å². The molecule has 0 radical (unpaired) electrons. The Morgan fingerprint density at radius 3 is 1.83 bits per heavy atom. The lowest BCUT2D eigenvalue weighted by Crippen LogP contribution is -2.04. The standard InChI is InChI=1S/C7H8FNO3.C7H9NO4/c1-2-11-7(10)6-3-5(4-8)12-9-6;1-2-11-7(10)6-3-5(4-9)12-8-6/h3H,2,4H2,1H3;3,9H,2,4H2,1H3. The molecule has 0 aliphatic rings. The summed E-state index contributed by atoms with van der Waals surface area (Å²) in [5, 5.41) is 15.3. The van der Waals surface area contributed by atoms with Gasteiger partial charge in [-0.15, -0.1) is 0 Å². The zero-order valence-electron chi connectivity index (χ0n) is 13.2. The van der Waals surface area contributed by atoms with Gasteiger partial charge in [0, 0.05) is 12.1 Å². The maximum atomic E-state index is 11.9. The van der Waals surface area contributed by atoms with E-state index in [-0.39, 0.29) is 36.1 Å². The lowest BCUT2D eigenvalue weighted by Gasteiger charge is -1.94. The molecular formula is C14H17FN2O7. The Morgan fingerprint density at radius 1 is 1.04 bits per heavy atom. The molecule has 2 rings (SSSR count). The van der Waals surface area contributed by atoms with Gasteiger partial charge in [0.2, 0.25) is 0 Å². The second-order valence-corrected chi connectivity index (χ2v) is 4.09. The first kappa shape index (κ1) is 19.3. The molecule has 0 aromatic carbocycles. The van der Waals surface area contributed by atoms with Crippen LogP contribution < -0.4 is 0 Å². The molecule has 24 heavy (non-hydrogen) atoms. The summed E-state index contributed by atoms with van der Waals surface area (Å²) < 4.78 is 30.2. The van der Waals surface area contributed by atoms with Crippen LogP contribution in [0.25, 0.3) is 0 Å². The first-order valence-electron chi connectivity index (χ1n) is 6.97. The molecule has 9 nitrogen and oxygen atoms in total.